The number of unbranched alkanes of at least 4 members (excludes halogenated alkanes) is 5. The van der Waals surface area contributed by atoms with Crippen LogP contribution in [0.25, 0.3) is 10.4 Å². The van der Waals surface area contributed by atoms with Crippen LogP contribution in [0.4, 0.5) is 0 Å². The molecular weight excluding hydrogens is 318 g/mol. The molecule has 1 saturated heterocycles. The second kappa shape index (κ2) is 11.4. The number of ether oxygens (including phenoxy) is 2. The van der Waals surface area contributed by atoms with Crippen LogP contribution in [-0.2, 0) is 14.3 Å². The van der Waals surface area contributed by atoms with E-state index in [0.29, 0.717) is 13.0 Å². The number of carbonyl (C=O) groups is 1. The molecule has 0 unspecified atom stereocenters. The summed E-state index contributed by atoms with van der Waals surface area (Å²) < 4.78 is 10.8. The van der Waals surface area contributed by atoms with Crippen molar-refractivity contribution in [1.82, 2.24) is 0 Å². The lowest BCUT2D eigenvalue weighted by Crippen LogP contribution is -2.57. The second-order valence-corrected chi connectivity index (χ2v) is 6.01. The van der Waals surface area contributed by atoms with Crippen LogP contribution in [0.15, 0.2) is 5.11 Å². The van der Waals surface area contributed by atoms with E-state index in [1.165, 1.54) is 0 Å². The summed E-state index contributed by atoms with van der Waals surface area (Å²) in [5.74, 6) is -0.418. The Morgan fingerprint density at radius 3 is 2.38 bits per heavy atom. The van der Waals surface area contributed by atoms with Crippen LogP contribution >= 0.6 is 0 Å². The van der Waals surface area contributed by atoms with Crippen molar-refractivity contribution in [2.24, 2.45) is 5.11 Å². The molecular formula is C15H27N3O6. The molecule has 0 radical (unpaired) electrons. The van der Waals surface area contributed by atoms with Gasteiger partial charge in [-0.2, -0.15) is 0 Å². The Hall–Kier alpha value is -1.22. The molecule has 5 atom stereocenters. The van der Waals surface area contributed by atoms with E-state index in [1.807, 2.05) is 0 Å². The van der Waals surface area contributed by atoms with Gasteiger partial charge in [0.15, 0.2) is 6.29 Å². The van der Waals surface area contributed by atoms with Gasteiger partial charge in [0.1, 0.15) is 18.3 Å². The third-order valence-corrected chi connectivity index (χ3v) is 4.03. The second-order valence-electron chi connectivity index (χ2n) is 6.01. The van der Waals surface area contributed by atoms with Crippen LogP contribution < -0.4 is 0 Å². The van der Waals surface area contributed by atoms with Gasteiger partial charge in [-0.15, -0.1) is 0 Å². The summed E-state index contributed by atoms with van der Waals surface area (Å²) in [7, 11) is 0. The maximum atomic E-state index is 11.0. The minimum atomic E-state index is -1.27. The van der Waals surface area contributed by atoms with Crippen LogP contribution in [0.3, 0.4) is 0 Å². The summed E-state index contributed by atoms with van der Waals surface area (Å²) in [5.41, 5.74) is 8.09. The van der Waals surface area contributed by atoms with Crippen LogP contribution in [0, 0.1) is 0 Å². The molecule has 3 N–H and O–H groups in total. The van der Waals surface area contributed by atoms with Crippen molar-refractivity contribution in [1.29, 1.82) is 0 Å². The Morgan fingerprint density at radius 2 is 1.71 bits per heavy atom. The molecule has 0 aromatic rings. The molecule has 0 spiro atoms. The zero-order valence-electron chi connectivity index (χ0n) is 14.0. The highest BCUT2D eigenvalue weighted by Gasteiger charge is 2.42. The van der Waals surface area contributed by atoms with Crippen molar-refractivity contribution in [2.75, 3.05) is 6.61 Å². The molecule has 0 aromatic heterocycles. The highest BCUT2D eigenvalue weighted by Crippen LogP contribution is 2.22. The third-order valence-electron chi connectivity index (χ3n) is 4.03. The fraction of sp³-hybridized carbons (Fsp3) is 0.933. The number of amides is 1. The lowest BCUT2D eigenvalue weighted by molar-refractivity contribution is -0.293. The minimum absolute atomic E-state index is 0.288. The van der Waals surface area contributed by atoms with Gasteiger partial charge in [0.2, 0.25) is 5.91 Å². The summed E-state index contributed by atoms with van der Waals surface area (Å²) in [6, 6.07) is 0. The smallest absolute Gasteiger partial charge is 0.218 e. The molecule has 9 nitrogen and oxygen atoms in total. The first-order valence-corrected chi connectivity index (χ1v) is 8.36. The molecule has 1 aliphatic rings. The number of hydrogen-bond acceptors (Lipinski definition) is 6. The number of carbonyl (C=O) groups excluding carboxylic acids is 1. The molecule has 138 valence electrons. The van der Waals surface area contributed by atoms with Crippen molar-refractivity contribution in [3.05, 3.63) is 10.4 Å². The summed E-state index contributed by atoms with van der Waals surface area (Å²) >= 11 is 0. The summed E-state index contributed by atoms with van der Waals surface area (Å²) in [4.78, 5) is 13.4. The summed E-state index contributed by atoms with van der Waals surface area (Å²) in [6.07, 6.45) is 0.433. The van der Waals surface area contributed by atoms with Crippen molar-refractivity contribution in [3.8, 4) is 0 Å². The van der Waals surface area contributed by atoms with E-state index >= 15 is 0 Å². The van der Waals surface area contributed by atoms with Gasteiger partial charge in [0.25, 0.3) is 0 Å². The van der Waals surface area contributed by atoms with Gasteiger partial charge in [-0.3, -0.25) is 4.79 Å². The first-order chi connectivity index (χ1) is 11.5. The molecule has 1 aliphatic heterocycles. The monoisotopic (exact) mass is 345 g/mol. The molecule has 24 heavy (non-hydrogen) atoms. The van der Waals surface area contributed by atoms with Crippen LogP contribution in [-0.4, -0.2) is 58.5 Å². The highest BCUT2D eigenvalue weighted by molar-refractivity contribution is 5.76. The van der Waals surface area contributed by atoms with Gasteiger partial charge in [-0.1, -0.05) is 25.7 Å². The number of aliphatic hydroxyl groups is 3. The first kappa shape index (κ1) is 20.8. The maximum Gasteiger partial charge on any atom is 0.218 e. The molecule has 0 aliphatic carbocycles. The Balaban J connectivity index is 2.02. The molecule has 0 aromatic carbocycles. The Kier molecular flexibility index (Phi) is 9.85. The van der Waals surface area contributed by atoms with Crippen molar-refractivity contribution < 1.29 is 29.6 Å². The molecule has 9 heteroatoms. The van der Waals surface area contributed by atoms with Crippen molar-refractivity contribution in [3.63, 3.8) is 0 Å². The Labute approximate surface area is 141 Å². The quantitative estimate of drug-likeness (QED) is 0.236. The van der Waals surface area contributed by atoms with Crippen LogP contribution in [0.1, 0.15) is 51.9 Å². The van der Waals surface area contributed by atoms with E-state index < -0.39 is 36.6 Å². The molecule has 1 amide bonds. The molecule has 0 bridgehead atoms. The van der Waals surface area contributed by atoms with Gasteiger partial charge in [-0.05, 0) is 30.4 Å². The van der Waals surface area contributed by atoms with Gasteiger partial charge < -0.3 is 24.8 Å². The van der Waals surface area contributed by atoms with Crippen LogP contribution in [0.5, 0.6) is 0 Å². The lowest BCUT2D eigenvalue weighted by atomic mass is 10.00. The summed E-state index contributed by atoms with van der Waals surface area (Å²) in [6.45, 7) is 2.01. The van der Waals surface area contributed by atoms with E-state index in [4.69, 9.17) is 15.0 Å². The van der Waals surface area contributed by atoms with E-state index in [-0.39, 0.29) is 6.42 Å². The third kappa shape index (κ3) is 7.12. The predicted octanol–water partition coefficient (Wildman–Crippen LogP) is 1.40. The topological polar surface area (TPSA) is 145 Å². The zero-order valence-corrected chi connectivity index (χ0v) is 14.0. The number of aliphatic hydroxyl groups excluding tert-OH is 3. The zero-order chi connectivity index (χ0) is 17.9. The molecule has 0 saturated carbocycles. The van der Waals surface area contributed by atoms with Crippen LogP contribution in [0.2, 0.25) is 0 Å². The van der Waals surface area contributed by atoms with Gasteiger partial charge in [0, 0.05) is 17.9 Å². The SMILES string of the molecule is C[C@H]1O[C@@H](OCCCCCCCCC(=O)N=[N+]=[N-])[C@H](O)[C@@H](O)[C@H]1O. The standard InChI is InChI=1S/C15H27N3O6/c1-10-12(20)13(21)14(22)15(24-10)23-9-7-5-3-2-4-6-8-11(19)17-18-16/h10,12-15,20-22H,2-9H2,1H3/t10-,12+,13+,14-,15-/m1/s1. The number of azide groups is 1. The lowest BCUT2D eigenvalue weighted by Gasteiger charge is -2.38. The maximum absolute atomic E-state index is 11.0. The van der Waals surface area contributed by atoms with Gasteiger partial charge >= 0.3 is 0 Å². The van der Waals surface area contributed by atoms with Crippen molar-refractivity contribution >= 4 is 5.91 Å². The largest absolute Gasteiger partial charge is 0.388 e. The first-order valence-electron chi connectivity index (χ1n) is 8.36. The average Bonchev–Trinajstić information content (AvgIpc) is 2.56. The van der Waals surface area contributed by atoms with Gasteiger partial charge in [0.05, 0.1) is 6.10 Å². The van der Waals surface area contributed by atoms with E-state index in [0.717, 1.165) is 32.1 Å². The molecule has 1 heterocycles. The van der Waals surface area contributed by atoms with E-state index in [9.17, 15) is 20.1 Å². The normalized spacial score (nSPS) is 29.9. The number of hydrogen-bond donors (Lipinski definition) is 3. The average molecular weight is 345 g/mol. The fourth-order valence-corrected chi connectivity index (χ4v) is 2.54. The summed E-state index contributed by atoms with van der Waals surface area (Å²) in [5, 5.41) is 32.0. The molecule has 1 fully saturated rings. The molecule has 1 rings (SSSR count). The van der Waals surface area contributed by atoms with E-state index in [1.54, 1.807) is 6.92 Å². The van der Waals surface area contributed by atoms with E-state index in [2.05, 4.69) is 10.0 Å². The Bertz CT molecular complexity index is 429. The minimum Gasteiger partial charge on any atom is -0.388 e. The Morgan fingerprint density at radius 1 is 1.08 bits per heavy atom. The number of nitrogens with zero attached hydrogens (tertiary/aromatic N) is 3. The fourth-order valence-electron chi connectivity index (χ4n) is 2.54. The highest BCUT2D eigenvalue weighted by atomic mass is 16.7. The predicted molar refractivity (Wildman–Crippen MR) is 84.8 cm³/mol. The van der Waals surface area contributed by atoms with Crippen molar-refractivity contribution in [2.45, 2.75) is 82.6 Å². The van der Waals surface area contributed by atoms with Gasteiger partial charge in [-0.25, -0.2) is 0 Å². The number of rotatable bonds is 10.